The summed E-state index contributed by atoms with van der Waals surface area (Å²) in [4.78, 5) is 0. The molecule has 0 amide bonds. The Morgan fingerprint density at radius 2 is 1.15 bits per heavy atom. The van der Waals surface area contributed by atoms with Crippen molar-refractivity contribution in [3.05, 3.63) is 48.5 Å². The van der Waals surface area contributed by atoms with Gasteiger partial charge in [0.15, 0.2) is 5.11 Å². The Morgan fingerprint density at radius 3 is 1.42 bits per heavy atom. The summed E-state index contributed by atoms with van der Waals surface area (Å²) in [5, 5.41) is 14.4. The molecule has 2 aromatic rings. The summed E-state index contributed by atoms with van der Waals surface area (Å²) in [7, 11) is 0. The third-order valence-corrected chi connectivity index (χ3v) is 3.05. The molecule has 0 radical (unpaired) electrons. The van der Waals surface area contributed by atoms with E-state index < -0.39 is 0 Å². The molecule has 0 atom stereocenters. The van der Waals surface area contributed by atoms with E-state index in [1.54, 1.807) is 6.92 Å². The Labute approximate surface area is 184 Å². The van der Waals surface area contributed by atoms with Crippen LogP contribution in [0.5, 0.6) is 11.5 Å². The largest absolute Gasteiger partial charge is 1.00 e. The van der Waals surface area contributed by atoms with Crippen molar-refractivity contribution in [2.45, 2.75) is 20.8 Å². The fraction of sp³-hybridized carbons (Fsp3) is 0.316. The van der Waals surface area contributed by atoms with E-state index in [4.69, 9.17) is 26.8 Å². The van der Waals surface area contributed by atoms with Crippen LogP contribution < -0.4 is 49.7 Å². The zero-order chi connectivity index (χ0) is 18.5. The number of aliphatic hydroxyl groups is 1. The predicted octanol–water partition coefficient (Wildman–Crippen LogP) is 1.41. The molecular weight excluding hydrogens is 359 g/mol. The molecule has 0 heterocycles. The molecule has 3 N–H and O–H groups in total. The molecule has 2 aromatic carbocycles. The second-order valence-electron chi connectivity index (χ2n) is 4.81. The Bertz CT molecular complexity index is 574. The molecule has 0 saturated carbocycles. The van der Waals surface area contributed by atoms with E-state index in [2.05, 4.69) is 10.6 Å². The molecule has 0 saturated heterocycles. The minimum absolute atomic E-state index is 0. The van der Waals surface area contributed by atoms with E-state index in [9.17, 15) is 0 Å². The summed E-state index contributed by atoms with van der Waals surface area (Å²) in [5.74, 6) is 1.69. The molecule has 7 heteroatoms. The molecule has 26 heavy (non-hydrogen) atoms. The van der Waals surface area contributed by atoms with Crippen LogP contribution >= 0.6 is 12.2 Å². The maximum atomic E-state index is 7.57. The molecule has 2 rings (SSSR count). The molecule has 0 aliphatic rings. The summed E-state index contributed by atoms with van der Waals surface area (Å²) in [6.45, 7) is 7.17. The van der Waals surface area contributed by atoms with Crippen molar-refractivity contribution in [1.29, 1.82) is 0 Å². The molecule has 0 fully saturated rings. The van der Waals surface area contributed by atoms with Gasteiger partial charge in [0.2, 0.25) is 0 Å². The van der Waals surface area contributed by atoms with Gasteiger partial charge in [0, 0.05) is 18.0 Å². The van der Waals surface area contributed by atoms with Crippen LogP contribution in [-0.4, -0.2) is 30.0 Å². The van der Waals surface area contributed by atoms with Crippen molar-refractivity contribution < 1.29 is 45.6 Å². The van der Waals surface area contributed by atoms with Crippen LogP contribution in [-0.2, 0) is 0 Å². The van der Waals surface area contributed by atoms with Crippen molar-refractivity contribution in [1.82, 2.24) is 0 Å². The van der Waals surface area contributed by atoms with Crippen LogP contribution in [0.4, 0.5) is 11.4 Å². The van der Waals surface area contributed by atoms with E-state index in [-0.39, 0.29) is 37.6 Å². The van der Waals surface area contributed by atoms with Crippen LogP contribution in [0.15, 0.2) is 48.5 Å². The van der Waals surface area contributed by atoms with Crippen LogP contribution in [0.1, 0.15) is 22.2 Å². The molecule has 0 spiro atoms. The van der Waals surface area contributed by atoms with Gasteiger partial charge in [-0.15, -0.1) is 0 Å². The van der Waals surface area contributed by atoms with E-state index in [1.165, 1.54) is 0 Å². The number of benzene rings is 2. The molecule has 0 aromatic heterocycles. The Balaban J connectivity index is 0. The first-order chi connectivity index (χ1) is 12.1. The van der Waals surface area contributed by atoms with Crippen LogP contribution in [0.25, 0.3) is 0 Å². The van der Waals surface area contributed by atoms with E-state index in [1.807, 2.05) is 62.4 Å². The quantitative estimate of drug-likeness (QED) is 0.516. The molecule has 0 aliphatic heterocycles. The number of anilines is 2. The van der Waals surface area contributed by atoms with E-state index in [0.29, 0.717) is 18.3 Å². The summed E-state index contributed by atoms with van der Waals surface area (Å²) >= 11 is 5.30. The number of thiocarbonyl (C=S) groups is 1. The van der Waals surface area contributed by atoms with Gasteiger partial charge >= 0.3 is 29.6 Å². The van der Waals surface area contributed by atoms with Gasteiger partial charge in [-0.05, 0) is 81.5 Å². The van der Waals surface area contributed by atoms with Gasteiger partial charge in [0.1, 0.15) is 11.5 Å². The zero-order valence-corrected chi connectivity index (χ0v) is 18.7. The SMILES string of the molecule is CCO.CCOc1ccc(NC(=S)Nc2ccc(OCC)cc2)cc1.[H-].[Na+]. The van der Waals surface area contributed by atoms with E-state index >= 15 is 0 Å². The minimum atomic E-state index is 0. The first kappa shape index (κ1) is 24.7. The van der Waals surface area contributed by atoms with Gasteiger partial charge < -0.3 is 26.6 Å². The molecule has 5 nitrogen and oxygen atoms in total. The molecule has 0 aliphatic carbocycles. The molecular formula is C19H27N2NaO3S. The number of rotatable bonds is 6. The van der Waals surface area contributed by atoms with Gasteiger partial charge in [-0.3, -0.25) is 0 Å². The fourth-order valence-corrected chi connectivity index (χ4v) is 2.13. The number of ether oxygens (including phenoxy) is 2. The monoisotopic (exact) mass is 386 g/mol. The van der Waals surface area contributed by atoms with Gasteiger partial charge in [0.25, 0.3) is 0 Å². The van der Waals surface area contributed by atoms with Gasteiger partial charge in [-0.1, -0.05) is 0 Å². The van der Waals surface area contributed by atoms with Gasteiger partial charge in [0.05, 0.1) is 13.2 Å². The molecule has 138 valence electrons. The summed E-state index contributed by atoms with van der Waals surface area (Å²) in [6.07, 6.45) is 0. The fourth-order valence-electron chi connectivity index (χ4n) is 1.90. The number of hydrogen-bond donors (Lipinski definition) is 3. The van der Waals surface area contributed by atoms with Crippen LogP contribution in [0.2, 0.25) is 0 Å². The van der Waals surface area contributed by atoms with Crippen molar-refractivity contribution in [3.63, 3.8) is 0 Å². The standard InChI is InChI=1S/C17H20N2O2S.C2H6O.Na.H/c1-3-20-15-9-5-13(6-10-15)18-17(22)19-14-7-11-16(12-8-14)21-4-2;1-2-3;;/h5-12H,3-4H2,1-2H3,(H2,18,19,22);3H,2H2,1H3;;/q;;+1;-1. The number of aliphatic hydroxyl groups excluding tert-OH is 1. The third kappa shape index (κ3) is 9.99. The van der Waals surface area contributed by atoms with Crippen molar-refractivity contribution in [2.75, 3.05) is 30.5 Å². The Kier molecular flexibility index (Phi) is 14.1. The minimum Gasteiger partial charge on any atom is -1.00 e. The maximum absolute atomic E-state index is 7.57. The Hall–Kier alpha value is -1.31. The van der Waals surface area contributed by atoms with Gasteiger partial charge in [-0.2, -0.15) is 0 Å². The average Bonchev–Trinajstić information content (AvgIpc) is 2.60. The summed E-state index contributed by atoms with van der Waals surface area (Å²) < 4.78 is 10.8. The second-order valence-corrected chi connectivity index (χ2v) is 5.22. The first-order valence-corrected chi connectivity index (χ1v) is 8.68. The van der Waals surface area contributed by atoms with Gasteiger partial charge in [-0.25, -0.2) is 0 Å². The normalized spacial score (nSPS) is 9.08. The first-order valence-electron chi connectivity index (χ1n) is 8.27. The predicted molar refractivity (Wildman–Crippen MR) is 109 cm³/mol. The van der Waals surface area contributed by atoms with Crippen LogP contribution in [0, 0.1) is 0 Å². The maximum Gasteiger partial charge on any atom is 1.00 e. The Morgan fingerprint density at radius 1 is 0.846 bits per heavy atom. The summed E-state index contributed by atoms with van der Waals surface area (Å²) in [5.41, 5.74) is 1.82. The third-order valence-electron chi connectivity index (χ3n) is 2.85. The van der Waals surface area contributed by atoms with Crippen LogP contribution in [0.3, 0.4) is 0 Å². The number of hydrogen-bond acceptors (Lipinski definition) is 4. The summed E-state index contributed by atoms with van der Waals surface area (Å²) in [6, 6.07) is 15.3. The van der Waals surface area contributed by atoms with Crippen molar-refractivity contribution >= 4 is 28.7 Å². The average molecular weight is 386 g/mol. The zero-order valence-electron chi connectivity index (χ0n) is 16.9. The second kappa shape index (κ2) is 14.8. The molecule has 0 unspecified atom stereocenters. The number of nitrogens with one attached hydrogen (secondary N) is 2. The smallest absolute Gasteiger partial charge is 1.00 e. The topological polar surface area (TPSA) is 62.8 Å². The van der Waals surface area contributed by atoms with E-state index in [0.717, 1.165) is 22.9 Å². The van der Waals surface area contributed by atoms with Crippen molar-refractivity contribution in [2.24, 2.45) is 0 Å². The molecule has 0 bridgehead atoms. The van der Waals surface area contributed by atoms with Crippen molar-refractivity contribution in [3.8, 4) is 11.5 Å².